The average Bonchev–Trinajstić information content (AvgIpc) is 3.13. The summed E-state index contributed by atoms with van der Waals surface area (Å²) in [6, 6.07) is 20.5. The third kappa shape index (κ3) is 6.22. The number of carbonyl (C=O) groups is 1. The number of aliphatic carboxylic acids is 1. The maximum Gasteiger partial charge on any atom is 0.309 e. The van der Waals surface area contributed by atoms with Crippen LogP contribution in [0.5, 0.6) is 5.75 Å². The number of hydrogen-bond acceptors (Lipinski definition) is 3. The van der Waals surface area contributed by atoms with Crippen molar-refractivity contribution < 1.29 is 19.4 Å². The number of rotatable bonds is 11. The number of aryl methyl sites for hydroxylation is 2. The Bertz CT molecular complexity index is 974. The van der Waals surface area contributed by atoms with Gasteiger partial charge in [-0.05, 0) is 62.6 Å². The lowest BCUT2D eigenvalue weighted by atomic mass is 10.0. The molecule has 1 aromatic heterocycles. The van der Waals surface area contributed by atoms with E-state index in [-0.39, 0.29) is 6.61 Å². The molecule has 1 atom stereocenters. The molecule has 3 rings (SSSR count). The van der Waals surface area contributed by atoms with Crippen LogP contribution in [0, 0.1) is 19.8 Å². The third-order valence-corrected chi connectivity index (χ3v) is 5.41. The standard InChI is InChI=1S/C26H31NO4/c1-4-30-18-23(26(28)29)17-21-8-12-24(13-9-21)31-16-15-27-20(3)7-14-25(27)22-10-5-19(2)6-11-22/h5-14,23H,4,15-18H2,1-3H3,(H,28,29). The summed E-state index contributed by atoms with van der Waals surface area (Å²) in [6.45, 7) is 8.10. The highest BCUT2D eigenvalue weighted by molar-refractivity contribution is 5.70. The fourth-order valence-corrected chi connectivity index (χ4v) is 3.58. The van der Waals surface area contributed by atoms with Gasteiger partial charge in [-0.25, -0.2) is 0 Å². The minimum atomic E-state index is -0.833. The van der Waals surface area contributed by atoms with Gasteiger partial charge >= 0.3 is 5.97 Å². The fourth-order valence-electron chi connectivity index (χ4n) is 3.58. The lowest BCUT2D eigenvalue weighted by molar-refractivity contribution is -0.143. The van der Waals surface area contributed by atoms with Crippen LogP contribution >= 0.6 is 0 Å². The molecule has 31 heavy (non-hydrogen) atoms. The summed E-state index contributed by atoms with van der Waals surface area (Å²) < 4.78 is 13.5. The Kier molecular flexibility index (Phi) is 7.90. The van der Waals surface area contributed by atoms with Gasteiger partial charge in [-0.3, -0.25) is 4.79 Å². The fraction of sp³-hybridized carbons (Fsp3) is 0.346. The van der Waals surface area contributed by atoms with Crippen molar-refractivity contribution in [3.8, 4) is 17.0 Å². The zero-order valence-electron chi connectivity index (χ0n) is 18.5. The Balaban J connectivity index is 1.57. The Morgan fingerprint density at radius 1 is 1.00 bits per heavy atom. The van der Waals surface area contributed by atoms with Gasteiger partial charge in [-0.15, -0.1) is 0 Å². The molecule has 0 radical (unpaired) electrons. The van der Waals surface area contributed by atoms with E-state index in [1.807, 2.05) is 31.2 Å². The molecule has 0 aliphatic carbocycles. The van der Waals surface area contributed by atoms with Crippen molar-refractivity contribution in [2.75, 3.05) is 19.8 Å². The molecule has 5 heteroatoms. The number of carboxylic acid groups (broad SMARTS) is 1. The van der Waals surface area contributed by atoms with E-state index in [2.05, 4.69) is 54.8 Å². The first-order chi connectivity index (χ1) is 15.0. The quantitative estimate of drug-likeness (QED) is 0.466. The van der Waals surface area contributed by atoms with E-state index in [9.17, 15) is 9.90 Å². The van der Waals surface area contributed by atoms with E-state index in [1.165, 1.54) is 22.5 Å². The van der Waals surface area contributed by atoms with Crippen LogP contribution in [0.2, 0.25) is 0 Å². The second-order valence-electron chi connectivity index (χ2n) is 7.77. The SMILES string of the molecule is CCOCC(Cc1ccc(OCCn2c(C)ccc2-c2ccc(C)cc2)cc1)C(=O)O. The molecule has 1 heterocycles. The predicted molar refractivity (Wildman–Crippen MR) is 123 cm³/mol. The van der Waals surface area contributed by atoms with Gasteiger partial charge in [0.2, 0.25) is 0 Å². The summed E-state index contributed by atoms with van der Waals surface area (Å²) in [5.74, 6) is -0.592. The summed E-state index contributed by atoms with van der Waals surface area (Å²) in [4.78, 5) is 11.4. The van der Waals surface area contributed by atoms with E-state index < -0.39 is 11.9 Å². The van der Waals surface area contributed by atoms with Crippen LogP contribution in [0.15, 0.2) is 60.7 Å². The number of benzene rings is 2. The Hall–Kier alpha value is -3.05. The molecule has 0 saturated carbocycles. The minimum Gasteiger partial charge on any atom is -0.492 e. The summed E-state index contributed by atoms with van der Waals surface area (Å²) in [5, 5.41) is 9.36. The molecule has 3 aromatic rings. The molecule has 0 bridgehead atoms. The maximum atomic E-state index is 11.4. The van der Waals surface area contributed by atoms with Crippen molar-refractivity contribution in [3.63, 3.8) is 0 Å². The van der Waals surface area contributed by atoms with Crippen molar-refractivity contribution in [1.82, 2.24) is 4.57 Å². The van der Waals surface area contributed by atoms with E-state index >= 15 is 0 Å². The molecule has 5 nitrogen and oxygen atoms in total. The first-order valence-corrected chi connectivity index (χ1v) is 10.7. The van der Waals surface area contributed by atoms with E-state index in [0.29, 0.717) is 19.6 Å². The molecule has 1 unspecified atom stereocenters. The zero-order valence-corrected chi connectivity index (χ0v) is 18.5. The smallest absolute Gasteiger partial charge is 0.309 e. The van der Waals surface area contributed by atoms with Gasteiger partial charge in [0.15, 0.2) is 0 Å². The third-order valence-electron chi connectivity index (χ3n) is 5.41. The minimum absolute atomic E-state index is 0.226. The zero-order chi connectivity index (χ0) is 22.2. The van der Waals surface area contributed by atoms with Gasteiger partial charge in [0, 0.05) is 18.0 Å². The second-order valence-corrected chi connectivity index (χ2v) is 7.77. The van der Waals surface area contributed by atoms with E-state index in [1.54, 1.807) is 0 Å². The molecule has 0 spiro atoms. The Labute approximate surface area is 184 Å². The second kappa shape index (κ2) is 10.8. The molecule has 0 aliphatic heterocycles. The number of aromatic nitrogens is 1. The first-order valence-electron chi connectivity index (χ1n) is 10.7. The van der Waals surface area contributed by atoms with Crippen LogP contribution in [-0.4, -0.2) is 35.5 Å². The highest BCUT2D eigenvalue weighted by atomic mass is 16.5. The average molecular weight is 422 g/mol. The highest BCUT2D eigenvalue weighted by Crippen LogP contribution is 2.23. The van der Waals surface area contributed by atoms with Crippen LogP contribution in [0.1, 0.15) is 23.7 Å². The van der Waals surface area contributed by atoms with Gasteiger partial charge in [-0.1, -0.05) is 42.0 Å². The molecular weight excluding hydrogens is 390 g/mol. The Morgan fingerprint density at radius 2 is 1.71 bits per heavy atom. The van der Waals surface area contributed by atoms with Gasteiger partial charge in [-0.2, -0.15) is 0 Å². The molecule has 0 fully saturated rings. The molecule has 2 aromatic carbocycles. The van der Waals surface area contributed by atoms with Gasteiger partial charge in [0.25, 0.3) is 0 Å². The molecule has 1 N–H and O–H groups in total. The Morgan fingerprint density at radius 3 is 2.35 bits per heavy atom. The number of ether oxygens (including phenoxy) is 2. The summed E-state index contributed by atoms with van der Waals surface area (Å²) in [6.07, 6.45) is 0.443. The van der Waals surface area contributed by atoms with E-state index in [4.69, 9.17) is 9.47 Å². The van der Waals surface area contributed by atoms with Crippen LogP contribution in [0.4, 0.5) is 0 Å². The molecule has 164 valence electrons. The summed E-state index contributed by atoms with van der Waals surface area (Å²) in [7, 11) is 0. The molecule has 0 saturated heterocycles. The predicted octanol–water partition coefficient (Wildman–Crippen LogP) is 5.13. The summed E-state index contributed by atoms with van der Waals surface area (Å²) >= 11 is 0. The maximum absolute atomic E-state index is 11.4. The van der Waals surface area contributed by atoms with Gasteiger partial charge < -0.3 is 19.1 Å². The largest absolute Gasteiger partial charge is 0.492 e. The highest BCUT2D eigenvalue weighted by Gasteiger charge is 2.18. The van der Waals surface area contributed by atoms with Crippen molar-refractivity contribution in [2.24, 2.45) is 5.92 Å². The van der Waals surface area contributed by atoms with E-state index in [0.717, 1.165) is 17.9 Å². The number of carboxylic acids is 1. The van der Waals surface area contributed by atoms with Gasteiger partial charge in [0.05, 0.1) is 19.1 Å². The lowest BCUT2D eigenvalue weighted by Gasteiger charge is -2.14. The van der Waals surface area contributed by atoms with Crippen molar-refractivity contribution in [2.45, 2.75) is 33.7 Å². The molecule has 0 aliphatic rings. The summed E-state index contributed by atoms with van der Waals surface area (Å²) in [5.41, 5.74) is 5.79. The molecular formula is C26H31NO4. The van der Waals surface area contributed by atoms with Crippen molar-refractivity contribution >= 4 is 5.97 Å². The van der Waals surface area contributed by atoms with Crippen LogP contribution in [0.25, 0.3) is 11.3 Å². The van der Waals surface area contributed by atoms with Crippen molar-refractivity contribution in [1.29, 1.82) is 0 Å². The monoisotopic (exact) mass is 421 g/mol. The van der Waals surface area contributed by atoms with Crippen LogP contribution in [-0.2, 0) is 22.5 Å². The lowest BCUT2D eigenvalue weighted by Crippen LogP contribution is -2.22. The van der Waals surface area contributed by atoms with Crippen molar-refractivity contribution in [3.05, 3.63) is 77.5 Å². The van der Waals surface area contributed by atoms with Crippen LogP contribution < -0.4 is 4.74 Å². The topological polar surface area (TPSA) is 60.7 Å². The van der Waals surface area contributed by atoms with Crippen LogP contribution in [0.3, 0.4) is 0 Å². The normalized spacial score (nSPS) is 12.0. The first kappa shape index (κ1) is 22.6. The number of nitrogens with zero attached hydrogens (tertiary/aromatic N) is 1. The van der Waals surface area contributed by atoms with Gasteiger partial charge in [0.1, 0.15) is 12.4 Å². The molecule has 0 amide bonds. The number of hydrogen-bond donors (Lipinski definition) is 1.